The molecule has 10 heteroatoms. The minimum absolute atomic E-state index is 0.0216. The molecule has 0 bridgehead atoms. The number of rotatable bonds is 8. The molecule has 0 aliphatic heterocycles. The first-order chi connectivity index (χ1) is 16.9. The molecule has 1 heterocycles. The lowest BCUT2D eigenvalue weighted by atomic mass is 10.1. The molecule has 0 saturated heterocycles. The molecule has 0 spiro atoms. The van der Waals surface area contributed by atoms with Gasteiger partial charge in [-0.2, -0.15) is 0 Å². The Balaban J connectivity index is 1.52. The number of ether oxygens (including phenoxy) is 2. The van der Waals surface area contributed by atoms with Crippen LogP contribution in [-0.4, -0.2) is 21.7 Å². The molecule has 3 N–H and O–H groups in total. The van der Waals surface area contributed by atoms with Crippen LogP contribution in [0.15, 0.2) is 91.1 Å². The van der Waals surface area contributed by atoms with Crippen molar-refractivity contribution in [1.29, 1.82) is 0 Å². The standard InChI is InChI=1S/C25H18N4O6/c26-24(30)16-5-4-8-20(13-16)35-23-12-9-17(15-27-23)28-25(31)21-14-18(29(32)33)10-11-22(21)34-19-6-2-1-3-7-19/h1-15H,(H2,26,30)(H,28,31). The number of nitro groups is 1. The molecule has 0 aliphatic rings. The van der Waals surface area contributed by atoms with Crippen LogP contribution < -0.4 is 20.5 Å². The Hall–Kier alpha value is -5.25. The average Bonchev–Trinajstić information content (AvgIpc) is 2.86. The molecule has 0 fully saturated rings. The van der Waals surface area contributed by atoms with E-state index in [9.17, 15) is 19.7 Å². The number of benzene rings is 3. The fourth-order valence-corrected chi connectivity index (χ4v) is 3.06. The molecule has 2 amide bonds. The van der Waals surface area contributed by atoms with Gasteiger partial charge >= 0.3 is 0 Å². The van der Waals surface area contributed by atoms with Crippen LogP contribution in [0.3, 0.4) is 0 Å². The lowest BCUT2D eigenvalue weighted by Crippen LogP contribution is -2.13. The van der Waals surface area contributed by atoms with Crippen LogP contribution in [-0.2, 0) is 0 Å². The van der Waals surface area contributed by atoms with E-state index in [0.717, 1.165) is 6.07 Å². The van der Waals surface area contributed by atoms with E-state index in [-0.39, 0.29) is 28.4 Å². The number of nitro benzene ring substituents is 1. The van der Waals surface area contributed by atoms with Crippen molar-refractivity contribution in [1.82, 2.24) is 4.98 Å². The molecule has 4 aromatic rings. The second-order valence-electron chi connectivity index (χ2n) is 7.19. The van der Waals surface area contributed by atoms with Gasteiger partial charge in [0, 0.05) is 23.8 Å². The van der Waals surface area contributed by atoms with E-state index in [1.807, 2.05) is 6.07 Å². The van der Waals surface area contributed by atoms with Crippen LogP contribution in [0, 0.1) is 10.1 Å². The zero-order valence-electron chi connectivity index (χ0n) is 18.1. The summed E-state index contributed by atoms with van der Waals surface area (Å²) in [6.45, 7) is 0. The molecule has 1 aromatic heterocycles. The van der Waals surface area contributed by atoms with Crippen LogP contribution in [0.25, 0.3) is 0 Å². The van der Waals surface area contributed by atoms with Gasteiger partial charge in [0.05, 0.1) is 22.4 Å². The van der Waals surface area contributed by atoms with Crippen molar-refractivity contribution in [2.24, 2.45) is 5.73 Å². The second-order valence-corrected chi connectivity index (χ2v) is 7.19. The Bertz CT molecular complexity index is 1390. The lowest BCUT2D eigenvalue weighted by Gasteiger charge is -2.12. The second kappa shape index (κ2) is 10.1. The predicted octanol–water partition coefficient (Wildman–Crippen LogP) is 4.93. The predicted molar refractivity (Wildman–Crippen MR) is 127 cm³/mol. The topological polar surface area (TPSA) is 147 Å². The van der Waals surface area contributed by atoms with E-state index in [4.69, 9.17) is 15.2 Å². The van der Waals surface area contributed by atoms with Gasteiger partial charge in [-0.15, -0.1) is 0 Å². The van der Waals surface area contributed by atoms with Crippen LogP contribution in [0.1, 0.15) is 20.7 Å². The zero-order chi connectivity index (χ0) is 24.8. The number of non-ortho nitro benzene ring substituents is 1. The summed E-state index contributed by atoms with van der Waals surface area (Å²) in [5.41, 5.74) is 5.61. The van der Waals surface area contributed by atoms with Crippen LogP contribution in [0.5, 0.6) is 23.1 Å². The van der Waals surface area contributed by atoms with Crippen LogP contribution in [0.4, 0.5) is 11.4 Å². The van der Waals surface area contributed by atoms with Gasteiger partial charge in [0.25, 0.3) is 11.6 Å². The number of hydrogen-bond acceptors (Lipinski definition) is 7. The van der Waals surface area contributed by atoms with Crippen molar-refractivity contribution in [3.63, 3.8) is 0 Å². The van der Waals surface area contributed by atoms with Gasteiger partial charge in [0.2, 0.25) is 11.8 Å². The van der Waals surface area contributed by atoms with Crippen molar-refractivity contribution >= 4 is 23.2 Å². The van der Waals surface area contributed by atoms with Crippen molar-refractivity contribution in [3.05, 3.63) is 112 Å². The largest absolute Gasteiger partial charge is 0.457 e. The Labute approximate surface area is 199 Å². The first-order valence-electron chi connectivity index (χ1n) is 10.3. The summed E-state index contributed by atoms with van der Waals surface area (Å²) < 4.78 is 11.4. The fourth-order valence-electron chi connectivity index (χ4n) is 3.06. The zero-order valence-corrected chi connectivity index (χ0v) is 18.1. The number of nitrogens with one attached hydrogen (secondary N) is 1. The summed E-state index contributed by atoms with van der Waals surface area (Å²) in [5, 5.41) is 13.9. The molecule has 4 rings (SSSR count). The van der Waals surface area contributed by atoms with Gasteiger partial charge < -0.3 is 20.5 Å². The van der Waals surface area contributed by atoms with Crippen LogP contribution in [0.2, 0.25) is 0 Å². The molecule has 10 nitrogen and oxygen atoms in total. The number of primary amides is 1. The van der Waals surface area contributed by atoms with Crippen molar-refractivity contribution < 1.29 is 24.0 Å². The SMILES string of the molecule is NC(=O)c1cccc(Oc2ccc(NC(=O)c3cc([N+](=O)[O-])ccc3Oc3ccccc3)cn2)c1. The van der Waals surface area contributed by atoms with Gasteiger partial charge in [-0.05, 0) is 42.5 Å². The number of para-hydroxylation sites is 1. The highest BCUT2D eigenvalue weighted by molar-refractivity contribution is 6.06. The van der Waals surface area contributed by atoms with Gasteiger partial charge in [-0.25, -0.2) is 4.98 Å². The number of nitrogens with two attached hydrogens (primary N) is 1. The molecule has 0 atom stereocenters. The molecule has 3 aromatic carbocycles. The number of amides is 2. The van der Waals surface area contributed by atoms with Crippen molar-refractivity contribution in [3.8, 4) is 23.1 Å². The first-order valence-corrected chi connectivity index (χ1v) is 10.3. The number of carbonyl (C=O) groups excluding carboxylic acids is 2. The Morgan fingerprint density at radius 3 is 2.34 bits per heavy atom. The maximum Gasteiger partial charge on any atom is 0.270 e. The number of anilines is 1. The molecule has 174 valence electrons. The monoisotopic (exact) mass is 470 g/mol. The molecule has 0 unspecified atom stereocenters. The summed E-state index contributed by atoms with van der Waals surface area (Å²) >= 11 is 0. The first kappa shape index (κ1) is 22.9. The highest BCUT2D eigenvalue weighted by Crippen LogP contribution is 2.30. The van der Waals surface area contributed by atoms with Gasteiger partial charge in [-0.1, -0.05) is 24.3 Å². The normalized spacial score (nSPS) is 10.3. The quantitative estimate of drug-likeness (QED) is 0.274. The molecular weight excluding hydrogens is 452 g/mol. The number of nitrogens with zero attached hydrogens (tertiary/aromatic N) is 2. The van der Waals surface area contributed by atoms with E-state index in [0.29, 0.717) is 17.2 Å². The minimum Gasteiger partial charge on any atom is -0.457 e. The van der Waals surface area contributed by atoms with Crippen molar-refractivity contribution in [2.45, 2.75) is 0 Å². The molecule has 0 saturated carbocycles. The Kier molecular flexibility index (Phi) is 6.64. The average molecular weight is 470 g/mol. The van der Waals surface area contributed by atoms with Gasteiger partial charge in [-0.3, -0.25) is 19.7 Å². The summed E-state index contributed by atoms with van der Waals surface area (Å²) in [7, 11) is 0. The third kappa shape index (κ3) is 5.76. The van der Waals surface area contributed by atoms with E-state index in [1.165, 1.54) is 30.5 Å². The summed E-state index contributed by atoms with van der Waals surface area (Å²) in [4.78, 5) is 39.1. The summed E-state index contributed by atoms with van der Waals surface area (Å²) in [6, 6.07) is 21.9. The summed E-state index contributed by atoms with van der Waals surface area (Å²) in [6.07, 6.45) is 1.36. The number of hydrogen-bond donors (Lipinski definition) is 2. The van der Waals surface area contributed by atoms with Gasteiger partial charge in [0.15, 0.2) is 0 Å². The van der Waals surface area contributed by atoms with Gasteiger partial charge in [0.1, 0.15) is 17.2 Å². The number of aromatic nitrogens is 1. The highest BCUT2D eigenvalue weighted by atomic mass is 16.6. The van der Waals surface area contributed by atoms with Crippen LogP contribution >= 0.6 is 0 Å². The third-order valence-corrected chi connectivity index (χ3v) is 4.72. The van der Waals surface area contributed by atoms with E-state index >= 15 is 0 Å². The van der Waals surface area contributed by atoms with Crippen molar-refractivity contribution in [2.75, 3.05) is 5.32 Å². The Morgan fingerprint density at radius 1 is 0.886 bits per heavy atom. The maximum absolute atomic E-state index is 13.0. The van der Waals surface area contributed by atoms with E-state index < -0.39 is 16.7 Å². The fraction of sp³-hybridized carbons (Fsp3) is 0. The number of pyridine rings is 1. The molecule has 0 radical (unpaired) electrons. The molecule has 35 heavy (non-hydrogen) atoms. The Morgan fingerprint density at radius 2 is 1.66 bits per heavy atom. The maximum atomic E-state index is 13.0. The third-order valence-electron chi connectivity index (χ3n) is 4.72. The number of carbonyl (C=O) groups is 2. The summed E-state index contributed by atoms with van der Waals surface area (Å²) in [5.74, 6) is 0.000892. The smallest absolute Gasteiger partial charge is 0.270 e. The van der Waals surface area contributed by atoms with E-state index in [1.54, 1.807) is 48.5 Å². The minimum atomic E-state index is -0.621. The molecule has 0 aliphatic carbocycles. The molecular formula is C25H18N4O6. The highest BCUT2D eigenvalue weighted by Gasteiger charge is 2.19. The lowest BCUT2D eigenvalue weighted by molar-refractivity contribution is -0.384. The van der Waals surface area contributed by atoms with E-state index in [2.05, 4.69) is 10.3 Å².